The van der Waals surface area contributed by atoms with Gasteiger partial charge in [0.2, 0.25) is 0 Å². The SMILES string of the molecule is Brc1cccc(Sc2cc(Br)ncn2)c1. The normalized spacial score (nSPS) is 10.3. The third kappa shape index (κ3) is 3.29. The molecule has 0 fully saturated rings. The van der Waals surface area contributed by atoms with Gasteiger partial charge in [-0.05, 0) is 34.1 Å². The summed E-state index contributed by atoms with van der Waals surface area (Å²) >= 11 is 8.36. The Bertz CT molecular complexity index is 433. The molecule has 5 heteroatoms. The zero-order valence-corrected chi connectivity index (χ0v) is 11.5. The maximum absolute atomic E-state index is 4.17. The first-order valence-electron chi connectivity index (χ1n) is 4.15. The average Bonchev–Trinajstić information content (AvgIpc) is 2.17. The fraction of sp³-hybridized carbons (Fsp3) is 0. The van der Waals surface area contributed by atoms with Crippen molar-refractivity contribution >= 4 is 43.6 Å². The summed E-state index contributed by atoms with van der Waals surface area (Å²) in [6.45, 7) is 0. The van der Waals surface area contributed by atoms with Crippen LogP contribution in [0.3, 0.4) is 0 Å². The monoisotopic (exact) mass is 344 g/mol. The number of benzene rings is 1. The third-order valence-corrected chi connectivity index (χ3v) is 3.48. The van der Waals surface area contributed by atoms with Crippen LogP contribution in [0.25, 0.3) is 0 Å². The topological polar surface area (TPSA) is 25.8 Å². The van der Waals surface area contributed by atoms with Gasteiger partial charge in [-0.3, -0.25) is 0 Å². The van der Waals surface area contributed by atoms with Crippen molar-refractivity contribution in [2.45, 2.75) is 9.92 Å². The summed E-state index contributed by atoms with van der Waals surface area (Å²) in [6, 6.07) is 10.0. The number of nitrogens with zero attached hydrogens (tertiary/aromatic N) is 2. The molecular formula is C10H6Br2N2S. The molecule has 0 saturated carbocycles. The lowest BCUT2D eigenvalue weighted by molar-refractivity contribution is 1.03. The largest absolute Gasteiger partial charge is 0.230 e. The van der Waals surface area contributed by atoms with E-state index in [4.69, 9.17) is 0 Å². The standard InChI is InChI=1S/C10H6Br2N2S/c11-7-2-1-3-8(4-7)15-10-5-9(12)13-6-14-10/h1-6H. The Balaban J connectivity index is 2.22. The van der Waals surface area contributed by atoms with Crippen molar-refractivity contribution in [2.75, 3.05) is 0 Å². The van der Waals surface area contributed by atoms with Crippen molar-refractivity contribution in [3.05, 3.63) is 45.7 Å². The van der Waals surface area contributed by atoms with Gasteiger partial charge in [0.15, 0.2) is 0 Å². The second-order valence-electron chi connectivity index (χ2n) is 2.74. The van der Waals surface area contributed by atoms with Crippen LogP contribution in [0.4, 0.5) is 0 Å². The van der Waals surface area contributed by atoms with Crippen LogP contribution in [0.5, 0.6) is 0 Å². The van der Waals surface area contributed by atoms with E-state index in [2.05, 4.69) is 47.9 Å². The lowest BCUT2D eigenvalue weighted by Gasteiger charge is -2.00. The molecule has 2 rings (SSSR count). The van der Waals surface area contributed by atoms with Crippen LogP contribution in [-0.4, -0.2) is 9.97 Å². The van der Waals surface area contributed by atoms with E-state index in [0.29, 0.717) is 0 Å². The van der Waals surface area contributed by atoms with E-state index in [9.17, 15) is 0 Å². The van der Waals surface area contributed by atoms with E-state index in [-0.39, 0.29) is 0 Å². The van der Waals surface area contributed by atoms with Crippen molar-refractivity contribution in [1.82, 2.24) is 9.97 Å². The van der Waals surface area contributed by atoms with E-state index in [1.54, 1.807) is 18.1 Å². The van der Waals surface area contributed by atoms with Crippen LogP contribution in [0.1, 0.15) is 0 Å². The second kappa shape index (κ2) is 5.09. The van der Waals surface area contributed by atoms with Gasteiger partial charge < -0.3 is 0 Å². The summed E-state index contributed by atoms with van der Waals surface area (Å²) in [4.78, 5) is 9.30. The minimum Gasteiger partial charge on any atom is -0.230 e. The first kappa shape index (κ1) is 11.1. The molecule has 0 atom stereocenters. The Morgan fingerprint density at radius 1 is 1.07 bits per heavy atom. The van der Waals surface area contributed by atoms with E-state index >= 15 is 0 Å². The zero-order valence-electron chi connectivity index (χ0n) is 7.52. The Labute approximate surface area is 109 Å². The average molecular weight is 346 g/mol. The molecule has 1 heterocycles. The summed E-state index contributed by atoms with van der Waals surface area (Å²) in [5.74, 6) is 0. The summed E-state index contributed by atoms with van der Waals surface area (Å²) in [7, 11) is 0. The van der Waals surface area contributed by atoms with Crippen molar-refractivity contribution in [2.24, 2.45) is 0 Å². The summed E-state index contributed by atoms with van der Waals surface area (Å²) < 4.78 is 1.87. The molecule has 0 aliphatic carbocycles. The van der Waals surface area contributed by atoms with Gasteiger partial charge in [0, 0.05) is 15.4 Å². The highest BCUT2D eigenvalue weighted by atomic mass is 79.9. The highest BCUT2D eigenvalue weighted by molar-refractivity contribution is 9.10. The molecule has 0 saturated heterocycles. The Hall–Kier alpha value is -0.390. The van der Waals surface area contributed by atoms with E-state index in [1.165, 1.54) is 0 Å². The summed E-state index contributed by atoms with van der Waals surface area (Å²) in [5, 5.41) is 0.926. The minimum absolute atomic E-state index is 0.801. The smallest absolute Gasteiger partial charge is 0.118 e. The Morgan fingerprint density at radius 2 is 1.93 bits per heavy atom. The second-order valence-corrected chi connectivity index (χ2v) is 5.56. The van der Waals surface area contributed by atoms with E-state index in [0.717, 1.165) is 19.0 Å². The van der Waals surface area contributed by atoms with Gasteiger partial charge in [-0.1, -0.05) is 33.8 Å². The first-order chi connectivity index (χ1) is 7.24. The van der Waals surface area contributed by atoms with Gasteiger partial charge in [0.25, 0.3) is 0 Å². The molecule has 15 heavy (non-hydrogen) atoms. The van der Waals surface area contributed by atoms with Gasteiger partial charge in [-0.15, -0.1) is 0 Å². The van der Waals surface area contributed by atoms with Crippen LogP contribution in [0, 0.1) is 0 Å². The van der Waals surface area contributed by atoms with E-state index in [1.807, 2.05) is 24.3 Å². The molecule has 0 spiro atoms. The fourth-order valence-electron chi connectivity index (χ4n) is 1.02. The van der Waals surface area contributed by atoms with Crippen LogP contribution in [0.2, 0.25) is 0 Å². The highest BCUT2D eigenvalue weighted by Gasteiger charge is 2.00. The maximum atomic E-state index is 4.17. The fourth-order valence-corrected chi connectivity index (χ4v) is 2.88. The van der Waals surface area contributed by atoms with Crippen LogP contribution in [0.15, 0.2) is 55.7 Å². The zero-order chi connectivity index (χ0) is 10.7. The Morgan fingerprint density at radius 3 is 2.67 bits per heavy atom. The molecule has 0 bridgehead atoms. The molecule has 0 aliphatic rings. The number of rotatable bonds is 2. The molecule has 1 aromatic carbocycles. The van der Waals surface area contributed by atoms with Crippen molar-refractivity contribution < 1.29 is 0 Å². The predicted molar refractivity (Wildman–Crippen MR) is 68.0 cm³/mol. The molecular weight excluding hydrogens is 340 g/mol. The Kier molecular flexibility index (Phi) is 3.77. The molecule has 0 unspecified atom stereocenters. The molecule has 2 aromatic rings. The lowest BCUT2D eigenvalue weighted by atomic mass is 10.4. The molecule has 0 aliphatic heterocycles. The van der Waals surface area contributed by atoms with Crippen LogP contribution < -0.4 is 0 Å². The number of hydrogen-bond acceptors (Lipinski definition) is 3. The highest BCUT2D eigenvalue weighted by Crippen LogP contribution is 2.28. The first-order valence-corrected chi connectivity index (χ1v) is 6.55. The minimum atomic E-state index is 0.801. The molecule has 0 radical (unpaired) electrons. The summed E-state index contributed by atoms with van der Waals surface area (Å²) in [6.07, 6.45) is 1.55. The molecule has 0 N–H and O–H groups in total. The van der Waals surface area contributed by atoms with Gasteiger partial charge in [0.1, 0.15) is 16.0 Å². The van der Waals surface area contributed by atoms with Crippen molar-refractivity contribution in [3.8, 4) is 0 Å². The van der Waals surface area contributed by atoms with Gasteiger partial charge in [-0.2, -0.15) is 0 Å². The van der Waals surface area contributed by atoms with Crippen molar-refractivity contribution in [1.29, 1.82) is 0 Å². The molecule has 2 nitrogen and oxygen atoms in total. The third-order valence-electron chi connectivity index (χ3n) is 1.63. The number of aromatic nitrogens is 2. The van der Waals surface area contributed by atoms with E-state index < -0.39 is 0 Å². The van der Waals surface area contributed by atoms with Gasteiger partial charge in [-0.25, -0.2) is 9.97 Å². The number of hydrogen-bond donors (Lipinski definition) is 0. The molecule has 76 valence electrons. The van der Waals surface area contributed by atoms with Gasteiger partial charge in [0.05, 0.1) is 0 Å². The quantitative estimate of drug-likeness (QED) is 0.764. The van der Waals surface area contributed by atoms with Crippen molar-refractivity contribution in [3.63, 3.8) is 0 Å². The molecule has 0 amide bonds. The van der Waals surface area contributed by atoms with Crippen LogP contribution >= 0.6 is 43.6 Å². The lowest BCUT2D eigenvalue weighted by Crippen LogP contribution is -1.82. The number of halogens is 2. The maximum Gasteiger partial charge on any atom is 0.118 e. The predicted octanol–water partition coefficient (Wildman–Crippen LogP) is 4.15. The van der Waals surface area contributed by atoms with Gasteiger partial charge >= 0.3 is 0 Å². The van der Waals surface area contributed by atoms with Crippen LogP contribution in [-0.2, 0) is 0 Å². The molecule has 1 aromatic heterocycles. The summed E-state index contributed by atoms with van der Waals surface area (Å²) in [5.41, 5.74) is 0.